The average molecular weight is 391 g/mol. The molecule has 1 saturated heterocycles. The Labute approximate surface area is 163 Å². The highest BCUT2D eigenvalue weighted by Gasteiger charge is 2.20. The van der Waals surface area contributed by atoms with Crippen molar-refractivity contribution in [3.8, 4) is 11.5 Å². The van der Waals surface area contributed by atoms with Gasteiger partial charge in [0, 0.05) is 37.7 Å². The van der Waals surface area contributed by atoms with E-state index in [-0.39, 0.29) is 0 Å². The van der Waals surface area contributed by atoms with Crippen LogP contribution in [0.2, 0.25) is 5.02 Å². The monoisotopic (exact) mass is 390 g/mol. The normalized spacial score (nSPS) is 14.8. The molecule has 0 aliphatic carbocycles. The summed E-state index contributed by atoms with van der Waals surface area (Å²) in [7, 11) is 0. The molecule has 1 aliphatic rings. The Bertz CT molecular complexity index is 729. The van der Waals surface area contributed by atoms with E-state index >= 15 is 0 Å². The van der Waals surface area contributed by atoms with Crippen molar-refractivity contribution in [2.24, 2.45) is 0 Å². The second-order valence-corrected chi connectivity index (χ2v) is 6.78. The van der Waals surface area contributed by atoms with E-state index < -0.39 is 6.09 Å². The smallest absolute Gasteiger partial charge is 0.407 e. The molecule has 7 heteroatoms. The van der Waals surface area contributed by atoms with E-state index in [0.29, 0.717) is 31.3 Å². The molecule has 6 nitrogen and oxygen atoms in total. The highest BCUT2D eigenvalue weighted by atomic mass is 35.5. The Morgan fingerprint density at radius 3 is 1.93 bits per heavy atom. The Balaban J connectivity index is 1.37. The number of amides is 1. The molecule has 2 aromatic rings. The zero-order chi connectivity index (χ0) is 19.1. The lowest BCUT2D eigenvalue weighted by molar-refractivity contribution is 0.103. The van der Waals surface area contributed by atoms with Crippen LogP contribution in [0.4, 0.5) is 4.79 Å². The van der Waals surface area contributed by atoms with Crippen molar-refractivity contribution in [2.75, 3.05) is 39.4 Å². The zero-order valence-corrected chi connectivity index (χ0v) is 15.8. The van der Waals surface area contributed by atoms with Gasteiger partial charge in [0.2, 0.25) is 0 Å². The van der Waals surface area contributed by atoms with Gasteiger partial charge in [-0.05, 0) is 42.0 Å². The SMILES string of the molecule is O=C(O)N1CCN(Cc2ccc(OCCOc3ccc(Cl)cc3)cc2)CC1. The van der Waals surface area contributed by atoms with E-state index in [4.69, 9.17) is 26.2 Å². The minimum Gasteiger partial charge on any atom is -0.490 e. The number of ether oxygens (including phenoxy) is 2. The first-order valence-electron chi connectivity index (χ1n) is 8.90. The van der Waals surface area contributed by atoms with Gasteiger partial charge < -0.3 is 19.5 Å². The Morgan fingerprint density at radius 1 is 0.889 bits per heavy atom. The maximum Gasteiger partial charge on any atom is 0.407 e. The summed E-state index contributed by atoms with van der Waals surface area (Å²) in [6, 6.07) is 15.2. The number of halogens is 1. The van der Waals surface area contributed by atoms with Gasteiger partial charge >= 0.3 is 6.09 Å². The first-order chi connectivity index (χ1) is 13.1. The summed E-state index contributed by atoms with van der Waals surface area (Å²) < 4.78 is 11.3. The molecule has 0 spiro atoms. The fourth-order valence-electron chi connectivity index (χ4n) is 2.90. The second kappa shape index (κ2) is 9.48. The van der Waals surface area contributed by atoms with Crippen molar-refractivity contribution in [3.63, 3.8) is 0 Å². The van der Waals surface area contributed by atoms with Crippen molar-refractivity contribution in [3.05, 3.63) is 59.1 Å². The summed E-state index contributed by atoms with van der Waals surface area (Å²) >= 11 is 5.84. The topological polar surface area (TPSA) is 62.2 Å². The van der Waals surface area contributed by atoms with Gasteiger partial charge in [0.1, 0.15) is 24.7 Å². The number of hydrogen-bond acceptors (Lipinski definition) is 4. The third-order valence-corrected chi connectivity index (χ3v) is 4.66. The predicted octanol–water partition coefficient (Wildman–Crippen LogP) is 3.59. The number of benzene rings is 2. The minimum atomic E-state index is -0.837. The quantitative estimate of drug-likeness (QED) is 0.732. The summed E-state index contributed by atoms with van der Waals surface area (Å²) in [5.41, 5.74) is 1.18. The number of rotatable bonds is 7. The largest absolute Gasteiger partial charge is 0.490 e. The molecule has 2 aromatic carbocycles. The van der Waals surface area contributed by atoms with Crippen LogP contribution < -0.4 is 9.47 Å². The summed E-state index contributed by atoms with van der Waals surface area (Å²) in [5.74, 6) is 1.57. The fraction of sp³-hybridized carbons (Fsp3) is 0.350. The van der Waals surface area contributed by atoms with Crippen LogP contribution in [0.3, 0.4) is 0 Å². The van der Waals surface area contributed by atoms with E-state index in [1.165, 1.54) is 10.5 Å². The molecule has 0 saturated carbocycles. The number of carbonyl (C=O) groups is 1. The lowest BCUT2D eigenvalue weighted by Crippen LogP contribution is -2.47. The van der Waals surface area contributed by atoms with Gasteiger partial charge in [-0.1, -0.05) is 23.7 Å². The molecule has 27 heavy (non-hydrogen) atoms. The molecule has 0 radical (unpaired) electrons. The van der Waals surface area contributed by atoms with Crippen molar-refractivity contribution >= 4 is 17.7 Å². The number of hydrogen-bond donors (Lipinski definition) is 1. The van der Waals surface area contributed by atoms with Crippen LogP contribution in [0.15, 0.2) is 48.5 Å². The maximum atomic E-state index is 10.9. The molecule has 1 amide bonds. The Hall–Kier alpha value is -2.44. The molecular weight excluding hydrogens is 368 g/mol. The van der Waals surface area contributed by atoms with Crippen molar-refractivity contribution in [1.29, 1.82) is 0 Å². The molecule has 1 N–H and O–H groups in total. The van der Waals surface area contributed by atoms with Gasteiger partial charge in [-0.15, -0.1) is 0 Å². The maximum absolute atomic E-state index is 10.9. The Morgan fingerprint density at radius 2 is 1.41 bits per heavy atom. The van der Waals surface area contributed by atoms with Gasteiger partial charge in [-0.2, -0.15) is 0 Å². The van der Waals surface area contributed by atoms with Crippen LogP contribution in [0.1, 0.15) is 5.56 Å². The van der Waals surface area contributed by atoms with Crippen LogP contribution in [0, 0.1) is 0 Å². The van der Waals surface area contributed by atoms with Crippen LogP contribution in [-0.2, 0) is 6.54 Å². The van der Waals surface area contributed by atoms with Crippen molar-refractivity contribution in [2.45, 2.75) is 6.54 Å². The molecule has 0 atom stereocenters. The predicted molar refractivity (Wildman–Crippen MR) is 104 cm³/mol. The standard InChI is InChI=1S/C20H23ClN2O4/c21-17-3-7-19(8-4-17)27-14-13-26-18-5-1-16(2-6-18)15-22-9-11-23(12-10-22)20(24)25/h1-8H,9-15H2,(H,24,25). The first kappa shape index (κ1) is 19.3. The van der Waals surface area contributed by atoms with Crippen molar-refractivity contribution in [1.82, 2.24) is 9.80 Å². The summed E-state index contributed by atoms with van der Waals surface area (Å²) in [4.78, 5) is 14.7. The number of nitrogens with zero attached hydrogens (tertiary/aromatic N) is 2. The molecular formula is C20H23ClN2O4. The van der Waals surface area contributed by atoms with Crippen molar-refractivity contribution < 1.29 is 19.4 Å². The lowest BCUT2D eigenvalue weighted by Gasteiger charge is -2.33. The molecule has 0 unspecified atom stereocenters. The summed E-state index contributed by atoms with van der Waals surface area (Å²) in [6.07, 6.45) is -0.837. The molecule has 1 heterocycles. The van der Waals surface area contributed by atoms with Crippen LogP contribution in [0.5, 0.6) is 11.5 Å². The van der Waals surface area contributed by atoms with Gasteiger partial charge in [0.25, 0.3) is 0 Å². The number of piperazine rings is 1. The average Bonchev–Trinajstić information content (AvgIpc) is 2.68. The van der Waals surface area contributed by atoms with E-state index in [0.717, 1.165) is 31.1 Å². The molecule has 1 fully saturated rings. The fourth-order valence-corrected chi connectivity index (χ4v) is 3.02. The summed E-state index contributed by atoms with van der Waals surface area (Å²) in [5, 5.41) is 9.67. The third-order valence-electron chi connectivity index (χ3n) is 4.41. The van der Waals surface area contributed by atoms with Crippen LogP contribution >= 0.6 is 11.6 Å². The molecule has 144 valence electrons. The van der Waals surface area contributed by atoms with Crippen LogP contribution in [-0.4, -0.2) is 60.4 Å². The molecule has 0 aromatic heterocycles. The second-order valence-electron chi connectivity index (χ2n) is 6.34. The first-order valence-corrected chi connectivity index (χ1v) is 9.28. The van der Waals surface area contributed by atoms with Crippen LogP contribution in [0.25, 0.3) is 0 Å². The third kappa shape index (κ3) is 6.05. The summed E-state index contributed by atoms with van der Waals surface area (Å²) in [6.45, 7) is 4.36. The van der Waals surface area contributed by atoms with Gasteiger partial charge in [0.05, 0.1) is 0 Å². The zero-order valence-electron chi connectivity index (χ0n) is 15.0. The van der Waals surface area contributed by atoms with Gasteiger partial charge in [-0.25, -0.2) is 4.79 Å². The molecule has 3 rings (SSSR count). The van der Waals surface area contributed by atoms with Gasteiger partial charge in [0.15, 0.2) is 0 Å². The minimum absolute atomic E-state index is 0.456. The van der Waals surface area contributed by atoms with E-state index in [2.05, 4.69) is 4.90 Å². The molecule has 0 bridgehead atoms. The van der Waals surface area contributed by atoms with E-state index in [9.17, 15) is 4.79 Å². The Kier molecular flexibility index (Phi) is 6.79. The van der Waals surface area contributed by atoms with E-state index in [1.54, 1.807) is 12.1 Å². The van der Waals surface area contributed by atoms with E-state index in [1.807, 2.05) is 36.4 Å². The lowest BCUT2D eigenvalue weighted by atomic mass is 10.2. The highest BCUT2D eigenvalue weighted by Crippen LogP contribution is 2.17. The molecule has 1 aliphatic heterocycles. The highest BCUT2D eigenvalue weighted by molar-refractivity contribution is 6.30. The number of carboxylic acid groups (broad SMARTS) is 1. The van der Waals surface area contributed by atoms with Gasteiger partial charge in [-0.3, -0.25) is 4.90 Å².